The largest absolute Gasteiger partial charge is 0.493 e. The molecule has 0 fully saturated rings. The van der Waals surface area contributed by atoms with Crippen LogP contribution in [0.3, 0.4) is 0 Å². The van der Waals surface area contributed by atoms with Gasteiger partial charge in [-0.3, -0.25) is 9.69 Å². The van der Waals surface area contributed by atoms with Crippen molar-refractivity contribution in [3.05, 3.63) is 42.4 Å². The molecule has 7 heteroatoms. The monoisotopic (exact) mass is 343 g/mol. The van der Waals surface area contributed by atoms with E-state index in [9.17, 15) is 4.79 Å². The van der Waals surface area contributed by atoms with Crippen molar-refractivity contribution >= 4 is 11.6 Å². The van der Waals surface area contributed by atoms with Gasteiger partial charge >= 0.3 is 0 Å². The number of benzene rings is 1. The number of amides is 1. The lowest BCUT2D eigenvalue weighted by molar-refractivity contribution is -0.117. The van der Waals surface area contributed by atoms with Gasteiger partial charge in [0.1, 0.15) is 5.76 Å². The predicted octanol–water partition coefficient (Wildman–Crippen LogP) is 2.65. The van der Waals surface area contributed by atoms with Crippen LogP contribution >= 0.6 is 0 Å². The summed E-state index contributed by atoms with van der Waals surface area (Å²) in [6.07, 6.45) is 1.92. The molecule has 25 heavy (non-hydrogen) atoms. The van der Waals surface area contributed by atoms with Crippen molar-refractivity contribution in [3.63, 3.8) is 0 Å². The number of methoxy groups -OCH3 is 2. The maximum atomic E-state index is 12.3. The van der Waals surface area contributed by atoms with Crippen molar-refractivity contribution in [2.24, 2.45) is 0 Å². The van der Waals surface area contributed by atoms with E-state index >= 15 is 0 Å². The number of carbonyl (C=O) groups excluding carboxylic acids is 1. The number of nitrogens with zero attached hydrogens (tertiary/aromatic N) is 2. The molecule has 132 valence electrons. The summed E-state index contributed by atoms with van der Waals surface area (Å²) in [5, 5.41) is 11.6. The third kappa shape index (κ3) is 5.55. The van der Waals surface area contributed by atoms with Gasteiger partial charge in [-0.25, -0.2) is 0 Å². The van der Waals surface area contributed by atoms with E-state index in [4.69, 9.17) is 19.2 Å². The van der Waals surface area contributed by atoms with Crippen molar-refractivity contribution in [1.82, 2.24) is 4.90 Å². The SMILES string of the molecule is COc1ccc(NC(=O)CN(CCC#N)Cc2ccco2)cc1OC. The minimum atomic E-state index is -0.184. The van der Waals surface area contributed by atoms with Crippen LogP contribution in [-0.2, 0) is 11.3 Å². The maximum Gasteiger partial charge on any atom is 0.238 e. The molecule has 7 nitrogen and oxygen atoms in total. The van der Waals surface area contributed by atoms with E-state index in [2.05, 4.69) is 11.4 Å². The number of carbonyl (C=O) groups is 1. The van der Waals surface area contributed by atoms with Gasteiger partial charge in [-0.2, -0.15) is 5.26 Å². The van der Waals surface area contributed by atoms with E-state index in [1.807, 2.05) is 11.0 Å². The van der Waals surface area contributed by atoms with Crippen LogP contribution < -0.4 is 14.8 Å². The molecular weight excluding hydrogens is 322 g/mol. The molecule has 1 aromatic heterocycles. The molecule has 1 amide bonds. The van der Waals surface area contributed by atoms with Crippen LogP contribution in [0.2, 0.25) is 0 Å². The second-order valence-electron chi connectivity index (χ2n) is 5.32. The molecule has 0 spiro atoms. The van der Waals surface area contributed by atoms with Crippen LogP contribution in [0.5, 0.6) is 11.5 Å². The van der Waals surface area contributed by atoms with E-state index in [1.54, 1.807) is 37.6 Å². The molecule has 0 aliphatic rings. The molecule has 0 atom stereocenters. The summed E-state index contributed by atoms with van der Waals surface area (Å²) < 4.78 is 15.7. The van der Waals surface area contributed by atoms with Crippen molar-refractivity contribution < 1.29 is 18.7 Å². The van der Waals surface area contributed by atoms with Crippen LogP contribution in [0.15, 0.2) is 41.0 Å². The minimum absolute atomic E-state index is 0.150. The normalized spacial score (nSPS) is 10.3. The fourth-order valence-electron chi connectivity index (χ4n) is 2.36. The summed E-state index contributed by atoms with van der Waals surface area (Å²) in [7, 11) is 3.09. The highest BCUT2D eigenvalue weighted by Gasteiger charge is 2.14. The van der Waals surface area contributed by atoms with Crippen LogP contribution in [0, 0.1) is 11.3 Å². The molecule has 0 saturated heterocycles. The summed E-state index contributed by atoms with van der Waals surface area (Å²) in [6, 6.07) is 10.9. The third-order valence-electron chi connectivity index (χ3n) is 3.53. The smallest absolute Gasteiger partial charge is 0.238 e. The Morgan fingerprint density at radius 3 is 2.72 bits per heavy atom. The zero-order valence-corrected chi connectivity index (χ0v) is 14.3. The van der Waals surface area contributed by atoms with Crippen LogP contribution in [0.4, 0.5) is 5.69 Å². The first-order valence-electron chi connectivity index (χ1n) is 7.80. The Kier molecular flexibility index (Phi) is 6.87. The molecule has 0 aliphatic carbocycles. The third-order valence-corrected chi connectivity index (χ3v) is 3.53. The van der Waals surface area contributed by atoms with Gasteiger partial charge in [-0.1, -0.05) is 0 Å². The molecule has 0 bridgehead atoms. The Morgan fingerprint density at radius 1 is 1.28 bits per heavy atom. The molecule has 0 saturated carbocycles. The highest BCUT2D eigenvalue weighted by molar-refractivity contribution is 5.92. The van der Waals surface area contributed by atoms with E-state index in [-0.39, 0.29) is 12.5 Å². The summed E-state index contributed by atoms with van der Waals surface area (Å²) in [6.45, 7) is 1.10. The van der Waals surface area contributed by atoms with Gasteiger partial charge < -0.3 is 19.2 Å². The fraction of sp³-hybridized carbons (Fsp3) is 0.333. The zero-order chi connectivity index (χ0) is 18.1. The predicted molar refractivity (Wildman–Crippen MR) is 92.4 cm³/mol. The standard InChI is InChI=1S/C18H21N3O4/c1-23-16-7-6-14(11-17(16)24-2)20-18(22)13-21(9-4-8-19)12-15-5-3-10-25-15/h3,5-7,10-11H,4,9,12-13H2,1-2H3,(H,20,22). The van der Waals surface area contributed by atoms with E-state index in [1.165, 1.54) is 7.11 Å². The lowest BCUT2D eigenvalue weighted by Gasteiger charge is -2.19. The quantitative estimate of drug-likeness (QED) is 0.753. The average Bonchev–Trinajstić information content (AvgIpc) is 3.12. The van der Waals surface area contributed by atoms with Crippen LogP contribution in [0.25, 0.3) is 0 Å². The molecule has 0 aliphatic heterocycles. The Morgan fingerprint density at radius 2 is 2.08 bits per heavy atom. The number of rotatable bonds is 9. The first kappa shape index (κ1) is 18.4. The fourth-order valence-corrected chi connectivity index (χ4v) is 2.36. The van der Waals surface area contributed by atoms with Gasteiger partial charge in [0.05, 0.1) is 39.6 Å². The Bertz CT molecular complexity index is 722. The van der Waals surface area contributed by atoms with Crippen LogP contribution in [-0.4, -0.2) is 38.1 Å². The van der Waals surface area contributed by atoms with Gasteiger partial charge in [0.2, 0.25) is 5.91 Å². The number of nitrogens with one attached hydrogen (secondary N) is 1. The van der Waals surface area contributed by atoms with E-state index in [0.29, 0.717) is 36.7 Å². The topological polar surface area (TPSA) is 87.7 Å². The molecule has 1 aromatic carbocycles. The van der Waals surface area contributed by atoms with Crippen molar-refractivity contribution in [1.29, 1.82) is 5.26 Å². The average molecular weight is 343 g/mol. The van der Waals surface area contributed by atoms with E-state index < -0.39 is 0 Å². The van der Waals surface area contributed by atoms with Gasteiger partial charge in [-0.15, -0.1) is 0 Å². The molecule has 0 radical (unpaired) electrons. The Hall–Kier alpha value is -2.98. The number of hydrogen-bond acceptors (Lipinski definition) is 6. The highest BCUT2D eigenvalue weighted by Crippen LogP contribution is 2.29. The van der Waals surface area contributed by atoms with Crippen molar-refractivity contribution in [3.8, 4) is 17.6 Å². The van der Waals surface area contributed by atoms with E-state index in [0.717, 1.165) is 5.76 Å². The lowest BCUT2D eigenvalue weighted by atomic mass is 10.2. The van der Waals surface area contributed by atoms with Crippen molar-refractivity contribution in [2.75, 3.05) is 32.6 Å². The minimum Gasteiger partial charge on any atom is -0.493 e. The molecule has 1 heterocycles. The molecular formula is C18H21N3O4. The summed E-state index contributed by atoms with van der Waals surface area (Å²) in [5.41, 5.74) is 0.612. The van der Waals surface area contributed by atoms with Gasteiger partial charge in [-0.05, 0) is 24.3 Å². The molecule has 2 rings (SSSR count). The number of furan rings is 1. The van der Waals surface area contributed by atoms with Crippen LogP contribution in [0.1, 0.15) is 12.2 Å². The maximum absolute atomic E-state index is 12.3. The molecule has 0 unspecified atom stereocenters. The molecule has 1 N–H and O–H groups in total. The number of anilines is 1. The lowest BCUT2D eigenvalue weighted by Crippen LogP contribution is -2.33. The Balaban J connectivity index is 1.99. The van der Waals surface area contributed by atoms with Gasteiger partial charge in [0.25, 0.3) is 0 Å². The second-order valence-corrected chi connectivity index (χ2v) is 5.32. The van der Waals surface area contributed by atoms with Gasteiger partial charge in [0, 0.05) is 24.7 Å². The first-order valence-corrected chi connectivity index (χ1v) is 7.80. The summed E-state index contributed by atoms with van der Waals surface area (Å²) in [5.74, 6) is 1.69. The number of hydrogen-bond donors (Lipinski definition) is 1. The summed E-state index contributed by atoms with van der Waals surface area (Å²) >= 11 is 0. The summed E-state index contributed by atoms with van der Waals surface area (Å²) in [4.78, 5) is 14.2. The van der Waals surface area contributed by atoms with Gasteiger partial charge in [0.15, 0.2) is 11.5 Å². The zero-order valence-electron chi connectivity index (χ0n) is 14.3. The number of ether oxygens (including phenoxy) is 2. The first-order chi connectivity index (χ1) is 12.2. The molecule has 2 aromatic rings. The van der Waals surface area contributed by atoms with Crippen molar-refractivity contribution in [2.45, 2.75) is 13.0 Å². The Labute approximate surface area is 146 Å². The second kappa shape index (κ2) is 9.35. The number of nitriles is 1. The highest BCUT2D eigenvalue weighted by atomic mass is 16.5.